The molecule has 0 saturated heterocycles. The minimum Gasteiger partial charge on any atom is -0.478 e. The van der Waals surface area contributed by atoms with Gasteiger partial charge < -0.3 is 9.84 Å². The maximum absolute atomic E-state index is 11.5. The maximum atomic E-state index is 11.5. The van der Waals surface area contributed by atoms with Crippen LogP contribution >= 0.6 is 11.6 Å². The number of ether oxygens (including phenoxy) is 1. The number of H-pyrrole nitrogens is 1. The molecule has 1 aromatic heterocycles. The lowest BCUT2D eigenvalue weighted by Gasteiger charge is -2.06. The predicted molar refractivity (Wildman–Crippen MR) is 63.3 cm³/mol. The van der Waals surface area contributed by atoms with Crippen molar-refractivity contribution >= 4 is 17.6 Å². The number of halogens is 1. The fraction of sp³-hybridized carbons (Fsp3) is 0. The number of aromatic nitrogens is 2. The average Bonchev–Trinajstić information content (AvgIpc) is 2.33. The lowest BCUT2D eigenvalue weighted by Crippen LogP contribution is -2.09. The highest BCUT2D eigenvalue weighted by Gasteiger charge is 2.13. The van der Waals surface area contributed by atoms with Crippen molar-refractivity contribution in [2.45, 2.75) is 0 Å². The van der Waals surface area contributed by atoms with Crippen molar-refractivity contribution in [3.63, 3.8) is 0 Å². The van der Waals surface area contributed by atoms with Crippen molar-refractivity contribution in [1.82, 2.24) is 10.2 Å². The van der Waals surface area contributed by atoms with E-state index < -0.39 is 11.4 Å². The highest BCUT2D eigenvalue weighted by molar-refractivity contribution is 6.29. The molecule has 92 valence electrons. The zero-order valence-corrected chi connectivity index (χ0v) is 9.64. The van der Waals surface area contributed by atoms with Gasteiger partial charge in [0, 0.05) is 6.07 Å². The first-order valence-electron chi connectivity index (χ1n) is 4.83. The highest BCUT2D eigenvalue weighted by atomic mass is 35.5. The van der Waals surface area contributed by atoms with Crippen LogP contribution in [-0.2, 0) is 0 Å². The van der Waals surface area contributed by atoms with E-state index in [2.05, 4.69) is 10.2 Å². The number of hydrogen-bond acceptors (Lipinski definition) is 4. The van der Waals surface area contributed by atoms with E-state index in [1.54, 1.807) is 12.1 Å². The number of para-hydroxylation sites is 1. The van der Waals surface area contributed by atoms with E-state index in [0.29, 0.717) is 0 Å². The van der Waals surface area contributed by atoms with Crippen molar-refractivity contribution in [2.75, 3.05) is 0 Å². The minimum atomic E-state index is -1.16. The van der Waals surface area contributed by atoms with Crippen LogP contribution in [0, 0.1) is 0 Å². The van der Waals surface area contributed by atoms with Crippen LogP contribution in [0.15, 0.2) is 35.1 Å². The van der Waals surface area contributed by atoms with E-state index in [-0.39, 0.29) is 22.3 Å². The van der Waals surface area contributed by atoms with Gasteiger partial charge in [-0.1, -0.05) is 23.7 Å². The number of hydrogen-bond donors (Lipinski definition) is 2. The lowest BCUT2D eigenvalue weighted by molar-refractivity contribution is 0.0694. The summed E-state index contributed by atoms with van der Waals surface area (Å²) in [5.41, 5.74) is -0.604. The molecule has 0 aliphatic carbocycles. The van der Waals surface area contributed by atoms with Crippen LogP contribution in [0.5, 0.6) is 11.6 Å². The van der Waals surface area contributed by atoms with Crippen molar-refractivity contribution in [3.8, 4) is 11.6 Å². The van der Waals surface area contributed by atoms with Gasteiger partial charge in [-0.2, -0.15) is 0 Å². The van der Waals surface area contributed by atoms with Gasteiger partial charge in [-0.25, -0.2) is 4.79 Å². The molecule has 6 nitrogen and oxygen atoms in total. The molecule has 2 N–H and O–H groups in total. The maximum Gasteiger partial charge on any atom is 0.339 e. The normalized spacial score (nSPS) is 10.1. The molecule has 1 aromatic carbocycles. The number of aromatic amines is 1. The first-order valence-corrected chi connectivity index (χ1v) is 5.21. The average molecular weight is 267 g/mol. The number of nitrogens with one attached hydrogen (secondary N) is 1. The topological polar surface area (TPSA) is 92.3 Å². The van der Waals surface area contributed by atoms with Crippen LogP contribution in [-0.4, -0.2) is 21.3 Å². The third kappa shape index (κ3) is 2.49. The second-order valence-electron chi connectivity index (χ2n) is 3.29. The molecule has 0 amide bonds. The van der Waals surface area contributed by atoms with Crippen molar-refractivity contribution in [3.05, 3.63) is 51.3 Å². The molecular formula is C11H7ClN2O4. The third-order valence-corrected chi connectivity index (χ3v) is 2.25. The van der Waals surface area contributed by atoms with E-state index in [4.69, 9.17) is 21.4 Å². The van der Waals surface area contributed by atoms with Crippen LogP contribution in [0.25, 0.3) is 0 Å². The van der Waals surface area contributed by atoms with Gasteiger partial charge in [0.25, 0.3) is 5.88 Å². The van der Waals surface area contributed by atoms with E-state index in [1.165, 1.54) is 12.1 Å². The zero-order valence-electron chi connectivity index (χ0n) is 8.88. The molecule has 0 radical (unpaired) electrons. The van der Waals surface area contributed by atoms with Gasteiger partial charge in [0.05, 0.1) is 0 Å². The number of rotatable bonds is 3. The van der Waals surface area contributed by atoms with E-state index in [1.807, 2.05) is 0 Å². The standard InChI is InChI=1S/C11H7ClN2O4/c12-9-5-7(15)10(14-13-9)18-8-4-2-1-3-6(8)11(16)17/h1-5H,(H,13,15)(H,16,17). The summed E-state index contributed by atoms with van der Waals surface area (Å²) in [7, 11) is 0. The molecule has 7 heteroatoms. The van der Waals surface area contributed by atoms with Gasteiger partial charge in [0.2, 0.25) is 5.43 Å². The Morgan fingerprint density at radius 2 is 2.11 bits per heavy atom. The first kappa shape index (κ1) is 12.1. The van der Waals surface area contributed by atoms with Gasteiger partial charge >= 0.3 is 5.97 Å². The summed E-state index contributed by atoms with van der Waals surface area (Å²) in [6, 6.07) is 7.02. The molecule has 0 spiro atoms. The number of nitrogens with zero attached hydrogens (tertiary/aromatic N) is 1. The summed E-state index contributed by atoms with van der Waals surface area (Å²) in [5.74, 6) is -1.39. The lowest BCUT2D eigenvalue weighted by atomic mass is 10.2. The summed E-state index contributed by atoms with van der Waals surface area (Å²) in [6.07, 6.45) is 0. The number of aromatic carboxylic acids is 1. The number of carboxylic acid groups (broad SMARTS) is 1. The Morgan fingerprint density at radius 3 is 2.78 bits per heavy atom. The predicted octanol–water partition coefficient (Wildman–Crippen LogP) is 1.91. The molecule has 18 heavy (non-hydrogen) atoms. The van der Waals surface area contributed by atoms with Gasteiger partial charge in [-0.3, -0.25) is 9.89 Å². The largest absolute Gasteiger partial charge is 0.478 e. The molecule has 0 aliphatic heterocycles. The smallest absolute Gasteiger partial charge is 0.339 e. The van der Waals surface area contributed by atoms with Crippen LogP contribution in [0.1, 0.15) is 10.4 Å². The van der Waals surface area contributed by atoms with Crippen molar-refractivity contribution < 1.29 is 14.6 Å². The molecule has 0 bridgehead atoms. The van der Waals surface area contributed by atoms with Gasteiger partial charge in [-0.05, 0) is 12.1 Å². The Morgan fingerprint density at radius 1 is 1.39 bits per heavy atom. The highest BCUT2D eigenvalue weighted by Crippen LogP contribution is 2.21. The molecule has 2 rings (SSSR count). The van der Waals surface area contributed by atoms with Gasteiger partial charge in [0.15, 0.2) is 0 Å². The zero-order chi connectivity index (χ0) is 13.1. The molecule has 0 saturated carbocycles. The Labute approximate surface area is 106 Å². The minimum absolute atomic E-state index is 0.0327. The molecular weight excluding hydrogens is 260 g/mol. The van der Waals surface area contributed by atoms with Crippen LogP contribution < -0.4 is 10.2 Å². The summed E-state index contributed by atoms with van der Waals surface area (Å²) < 4.78 is 5.16. The molecule has 0 fully saturated rings. The van der Waals surface area contributed by atoms with E-state index in [9.17, 15) is 9.59 Å². The fourth-order valence-corrected chi connectivity index (χ4v) is 1.42. The molecule has 1 heterocycles. The van der Waals surface area contributed by atoms with E-state index in [0.717, 1.165) is 6.07 Å². The van der Waals surface area contributed by atoms with Gasteiger partial charge in [0.1, 0.15) is 16.5 Å². The van der Waals surface area contributed by atoms with Crippen molar-refractivity contribution in [2.24, 2.45) is 0 Å². The molecule has 2 aromatic rings. The molecule has 0 atom stereocenters. The van der Waals surface area contributed by atoms with Crippen molar-refractivity contribution in [1.29, 1.82) is 0 Å². The Hall–Kier alpha value is -2.34. The first-order chi connectivity index (χ1) is 8.58. The monoisotopic (exact) mass is 266 g/mol. The van der Waals surface area contributed by atoms with Crippen LogP contribution in [0.4, 0.5) is 0 Å². The SMILES string of the molecule is O=C(O)c1ccccc1Oc1n[nH]c(Cl)cc1=O. The third-order valence-electron chi connectivity index (χ3n) is 2.06. The number of carbonyl (C=O) groups is 1. The molecule has 0 aliphatic rings. The quantitative estimate of drug-likeness (QED) is 0.885. The Balaban J connectivity index is 2.40. The summed E-state index contributed by atoms with van der Waals surface area (Å²) >= 11 is 5.53. The summed E-state index contributed by atoms with van der Waals surface area (Å²) in [4.78, 5) is 22.4. The Kier molecular flexibility index (Phi) is 3.29. The number of carboxylic acids is 1. The summed E-state index contributed by atoms with van der Waals surface area (Å²) in [6.45, 7) is 0. The second-order valence-corrected chi connectivity index (χ2v) is 3.70. The summed E-state index contributed by atoms with van der Waals surface area (Å²) in [5, 5.41) is 15.0. The van der Waals surface area contributed by atoms with Gasteiger partial charge in [-0.15, -0.1) is 5.10 Å². The fourth-order valence-electron chi connectivity index (χ4n) is 1.28. The Bertz CT molecular complexity index is 653. The van der Waals surface area contributed by atoms with E-state index >= 15 is 0 Å². The second kappa shape index (κ2) is 4.89. The molecule has 0 unspecified atom stereocenters. The number of benzene rings is 1. The van der Waals surface area contributed by atoms with Crippen LogP contribution in [0.2, 0.25) is 5.15 Å². The van der Waals surface area contributed by atoms with Crippen LogP contribution in [0.3, 0.4) is 0 Å².